The van der Waals surface area contributed by atoms with Crippen LogP contribution in [-0.2, 0) is 0 Å². The molecule has 2 nitrogen and oxygen atoms in total. The zero-order valence-corrected chi connectivity index (χ0v) is 6.76. The number of hydrogen-bond acceptors (Lipinski definition) is 2. The molecule has 2 N–H and O–H groups in total. The third-order valence-electron chi connectivity index (χ3n) is 1.11. The highest BCUT2D eigenvalue weighted by Gasteiger charge is 1.98. The zero-order chi connectivity index (χ0) is 7.56. The first kappa shape index (κ1) is 7.28. The topological polar surface area (TPSA) is 43.1 Å². The molecular weight excluding hydrogens is 194 g/mol. The van der Waals surface area contributed by atoms with Crippen molar-refractivity contribution in [3.63, 3.8) is 0 Å². The maximum atomic E-state index is 10.7. The molecule has 1 rings (SSSR count). The van der Waals surface area contributed by atoms with Crippen molar-refractivity contribution in [2.75, 3.05) is 5.73 Å². The second-order valence-electron chi connectivity index (χ2n) is 1.90. The number of hydrogen-bond donors (Lipinski definition) is 1. The predicted molar refractivity (Wildman–Crippen MR) is 44.1 cm³/mol. The van der Waals surface area contributed by atoms with Crippen molar-refractivity contribution in [1.82, 2.24) is 0 Å². The molecule has 3 heteroatoms. The first-order chi connectivity index (χ1) is 4.70. The SMILES string of the molecule is Nc1cccc(C(=O)Br)c1. The van der Waals surface area contributed by atoms with Crippen LogP contribution in [0.2, 0.25) is 0 Å². The van der Waals surface area contributed by atoms with E-state index in [2.05, 4.69) is 15.9 Å². The number of halogens is 1. The van der Waals surface area contributed by atoms with Crippen LogP contribution in [0.3, 0.4) is 0 Å². The van der Waals surface area contributed by atoms with Gasteiger partial charge in [0.1, 0.15) is 0 Å². The molecule has 0 saturated heterocycles. The van der Waals surface area contributed by atoms with E-state index >= 15 is 0 Å². The van der Waals surface area contributed by atoms with Crippen LogP contribution in [0.15, 0.2) is 24.3 Å². The molecule has 0 aliphatic rings. The standard InChI is InChI=1S/C7H6BrNO/c8-7(10)5-2-1-3-6(9)4-5/h1-4H,9H2. The van der Waals surface area contributed by atoms with Crippen LogP contribution in [0.1, 0.15) is 10.4 Å². The lowest BCUT2D eigenvalue weighted by molar-refractivity contribution is 0.109. The molecule has 0 heterocycles. The summed E-state index contributed by atoms with van der Waals surface area (Å²) in [5, 5.41) is 0. The highest BCUT2D eigenvalue weighted by molar-refractivity contribution is 9.18. The first-order valence-electron chi connectivity index (χ1n) is 2.75. The van der Waals surface area contributed by atoms with Crippen LogP contribution in [0.25, 0.3) is 0 Å². The van der Waals surface area contributed by atoms with Crippen LogP contribution in [0.4, 0.5) is 5.69 Å². The average Bonchev–Trinajstić information content (AvgIpc) is 1.88. The number of nitrogens with two attached hydrogens (primary N) is 1. The van der Waals surface area contributed by atoms with Crippen molar-refractivity contribution in [1.29, 1.82) is 0 Å². The quantitative estimate of drug-likeness (QED) is 0.554. The summed E-state index contributed by atoms with van der Waals surface area (Å²) in [6, 6.07) is 6.80. The highest BCUT2D eigenvalue weighted by atomic mass is 79.9. The van der Waals surface area contributed by atoms with Crippen LogP contribution >= 0.6 is 15.9 Å². The molecule has 0 unspecified atom stereocenters. The molecule has 0 spiro atoms. The van der Waals surface area contributed by atoms with E-state index in [9.17, 15) is 4.79 Å². The Kier molecular flexibility index (Phi) is 2.06. The lowest BCUT2D eigenvalue weighted by Crippen LogP contribution is -1.90. The monoisotopic (exact) mass is 199 g/mol. The third kappa shape index (κ3) is 1.57. The third-order valence-corrected chi connectivity index (χ3v) is 1.57. The van der Waals surface area contributed by atoms with Crippen molar-refractivity contribution in [2.45, 2.75) is 0 Å². The Balaban J connectivity index is 3.07. The van der Waals surface area contributed by atoms with E-state index < -0.39 is 0 Å². The summed E-state index contributed by atoms with van der Waals surface area (Å²) in [7, 11) is 0. The number of anilines is 1. The maximum Gasteiger partial charge on any atom is 0.228 e. The van der Waals surface area contributed by atoms with E-state index in [4.69, 9.17) is 5.73 Å². The molecule has 1 aromatic carbocycles. The molecule has 0 saturated carbocycles. The molecule has 0 fully saturated rings. The number of carbonyl (C=O) groups is 1. The molecule has 0 amide bonds. The largest absolute Gasteiger partial charge is 0.399 e. The Labute approximate surface area is 67.2 Å². The van der Waals surface area contributed by atoms with E-state index in [-0.39, 0.29) is 4.69 Å². The lowest BCUT2D eigenvalue weighted by atomic mass is 10.2. The van der Waals surface area contributed by atoms with Gasteiger partial charge in [0.15, 0.2) is 0 Å². The van der Waals surface area contributed by atoms with Gasteiger partial charge >= 0.3 is 0 Å². The smallest absolute Gasteiger partial charge is 0.228 e. The molecule has 0 atom stereocenters. The van der Waals surface area contributed by atoms with Gasteiger partial charge in [0.25, 0.3) is 0 Å². The number of benzene rings is 1. The van der Waals surface area contributed by atoms with Gasteiger partial charge in [-0.2, -0.15) is 0 Å². The Morgan fingerprint density at radius 3 is 2.60 bits per heavy atom. The van der Waals surface area contributed by atoms with E-state index in [1.54, 1.807) is 24.3 Å². The van der Waals surface area contributed by atoms with Gasteiger partial charge in [-0.25, -0.2) is 0 Å². The van der Waals surface area contributed by atoms with Gasteiger partial charge < -0.3 is 5.73 Å². The molecule has 0 radical (unpaired) electrons. The molecular formula is C7H6BrNO. The molecule has 0 aliphatic heterocycles. The van der Waals surface area contributed by atoms with E-state index in [0.29, 0.717) is 11.3 Å². The fraction of sp³-hybridized carbons (Fsp3) is 0. The van der Waals surface area contributed by atoms with Gasteiger partial charge in [-0.1, -0.05) is 12.1 Å². The second kappa shape index (κ2) is 2.84. The minimum atomic E-state index is -0.139. The fourth-order valence-corrected chi connectivity index (χ4v) is 0.908. The van der Waals surface area contributed by atoms with Crippen molar-refractivity contribution >= 4 is 26.3 Å². The Bertz CT molecular complexity index is 260. The van der Waals surface area contributed by atoms with Crippen LogP contribution < -0.4 is 5.73 Å². The van der Waals surface area contributed by atoms with E-state index in [1.807, 2.05) is 0 Å². The summed E-state index contributed by atoms with van der Waals surface area (Å²) in [6.07, 6.45) is 0. The maximum absolute atomic E-state index is 10.7. The summed E-state index contributed by atoms with van der Waals surface area (Å²) in [5.41, 5.74) is 6.61. The molecule has 1 aromatic rings. The number of rotatable bonds is 1. The molecule has 10 heavy (non-hydrogen) atoms. The first-order valence-corrected chi connectivity index (χ1v) is 3.55. The van der Waals surface area contributed by atoms with Gasteiger partial charge in [-0.15, -0.1) is 0 Å². The number of nitrogen functional groups attached to an aromatic ring is 1. The van der Waals surface area contributed by atoms with E-state index in [1.165, 1.54) is 0 Å². The minimum Gasteiger partial charge on any atom is -0.399 e. The van der Waals surface area contributed by atoms with Gasteiger partial charge in [-0.05, 0) is 28.1 Å². The van der Waals surface area contributed by atoms with Crippen molar-refractivity contribution in [3.8, 4) is 0 Å². The summed E-state index contributed by atoms with van der Waals surface area (Å²) in [4.78, 5) is 10.7. The highest BCUT2D eigenvalue weighted by Crippen LogP contribution is 2.09. The fourth-order valence-electron chi connectivity index (χ4n) is 0.661. The van der Waals surface area contributed by atoms with Crippen LogP contribution in [0.5, 0.6) is 0 Å². The molecule has 52 valence electrons. The summed E-state index contributed by atoms with van der Waals surface area (Å²) in [6.45, 7) is 0. The predicted octanol–water partition coefficient (Wildman–Crippen LogP) is 1.80. The Hall–Kier alpha value is -0.830. The molecule has 0 aliphatic carbocycles. The average molecular weight is 200 g/mol. The van der Waals surface area contributed by atoms with Gasteiger partial charge in [0.05, 0.1) is 0 Å². The van der Waals surface area contributed by atoms with Gasteiger partial charge in [-0.3, -0.25) is 4.79 Å². The van der Waals surface area contributed by atoms with Crippen LogP contribution in [-0.4, -0.2) is 4.69 Å². The second-order valence-corrected chi connectivity index (χ2v) is 2.62. The van der Waals surface area contributed by atoms with Crippen molar-refractivity contribution in [2.24, 2.45) is 0 Å². The number of carbonyl (C=O) groups excluding carboxylic acids is 1. The minimum absolute atomic E-state index is 0.139. The van der Waals surface area contributed by atoms with Crippen molar-refractivity contribution in [3.05, 3.63) is 29.8 Å². The van der Waals surface area contributed by atoms with E-state index in [0.717, 1.165) is 0 Å². The normalized spacial score (nSPS) is 9.30. The summed E-state index contributed by atoms with van der Waals surface area (Å²) >= 11 is 2.82. The zero-order valence-electron chi connectivity index (χ0n) is 5.17. The Morgan fingerprint density at radius 1 is 1.50 bits per heavy atom. The van der Waals surface area contributed by atoms with Crippen molar-refractivity contribution < 1.29 is 4.79 Å². The van der Waals surface area contributed by atoms with Gasteiger partial charge in [0.2, 0.25) is 4.69 Å². The Morgan fingerprint density at radius 2 is 2.20 bits per heavy atom. The lowest BCUT2D eigenvalue weighted by Gasteiger charge is -1.93. The summed E-state index contributed by atoms with van der Waals surface area (Å²) in [5.74, 6) is 0. The molecule has 0 bridgehead atoms. The summed E-state index contributed by atoms with van der Waals surface area (Å²) < 4.78 is -0.139. The van der Waals surface area contributed by atoms with Crippen LogP contribution in [0, 0.1) is 0 Å². The van der Waals surface area contributed by atoms with Gasteiger partial charge in [0, 0.05) is 11.3 Å². The molecule has 0 aromatic heterocycles.